The molecule has 0 atom stereocenters. The van der Waals surface area contributed by atoms with Crippen LogP contribution >= 0.6 is 23.2 Å². The van der Waals surface area contributed by atoms with Crippen molar-refractivity contribution in [3.63, 3.8) is 0 Å². The molecule has 3 N–H and O–H groups in total. The first-order valence-electron chi connectivity index (χ1n) is 11.3. The Morgan fingerprint density at radius 1 is 1.08 bits per heavy atom. The van der Waals surface area contributed by atoms with E-state index < -0.39 is 44.4 Å². The Bertz CT molecular complexity index is 1620. The van der Waals surface area contributed by atoms with Crippen molar-refractivity contribution >= 4 is 55.8 Å². The summed E-state index contributed by atoms with van der Waals surface area (Å²) in [7, 11) is -0.563. The fourth-order valence-electron chi connectivity index (χ4n) is 3.69. The van der Waals surface area contributed by atoms with Crippen LogP contribution in [0.1, 0.15) is 5.56 Å². The largest absolute Gasteiger partial charge is 0.392 e. The number of nitrogens with zero attached hydrogens (tertiary/aromatic N) is 3. The molecule has 0 bridgehead atoms. The molecule has 200 valence electrons. The molecule has 0 saturated carbocycles. The van der Waals surface area contributed by atoms with Crippen LogP contribution in [0.2, 0.25) is 10.0 Å². The molecule has 38 heavy (non-hydrogen) atoms. The lowest BCUT2D eigenvalue weighted by Gasteiger charge is -2.15. The van der Waals surface area contributed by atoms with Crippen molar-refractivity contribution in [2.75, 3.05) is 37.2 Å². The molecular weight excluding hydrogens is 559 g/mol. The highest BCUT2D eigenvalue weighted by Crippen LogP contribution is 2.35. The predicted octanol–water partition coefficient (Wildman–Crippen LogP) is 5.15. The number of nitrogens with one attached hydrogen (secondary N) is 2. The molecule has 0 aliphatic heterocycles. The van der Waals surface area contributed by atoms with Crippen LogP contribution < -0.4 is 10.0 Å². The summed E-state index contributed by atoms with van der Waals surface area (Å²) in [6.45, 7) is 0.860. The standard InChI is InChI=1S/C25H23Cl2F2N5O3S/c1-34(2)8-7-30-25-31-12-15-9-14(3-5-19(15)32-25)22-18(28)4-6-20(24(22)29)33-38(36,37)21-11-17(26)10-16(13-35)23(21)27/h3-6,9-12,33,35H,7-8,13H2,1-2H3,(H,30,31,32). The van der Waals surface area contributed by atoms with Gasteiger partial charge >= 0.3 is 0 Å². The number of aliphatic hydroxyl groups is 1. The number of hydrogen-bond acceptors (Lipinski definition) is 7. The van der Waals surface area contributed by atoms with Crippen LogP contribution in [0, 0.1) is 11.6 Å². The van der Waals surface area contributed by atoms with Gasteiger partial charge in [-0.2, -0.15) is 0 Å². The zero-order chi connectivity index (χ0) is 27.6. The molecule has 0 fully saturated rings. The Morgan fingerprint density at radius 3 is 2.55 bits per heavy atom. The van der Waals surface area contributed by atoms with Gasteiger partial charge in [-0.3, -0.25) is 4.72 Å². The van der Waals surface area contributed by atoms with E-state index in [9.17, 15) is 17.9 Å². The molecule has 0 aliphatic rings. The molecule has 0 spiro atoms. The van der Waals surface area contributed by atoms with E-state index in [-0.39, 0.29) is 21.2 Å². The highest BCUT2D eigenvalue weighted by molar-refractivity contribution is 7.92. The maximum atomic E-state index is 15.5. The minimum Gasteiger partial charge on any atom is -0.392 e. The van der Waals surface area contributed by atoms with E-state index in [0.717, 1.165) is 24.7 Å². The lowest BCUT2D eigenvalue weighted by molar-refractivity contribution is 0.281. The second-order valence-electron chi connectivity index (χ2n) is 8.62. The van der Waals surface area contributed by atoms with Gasteiger partial charge < -0.3 is 15.3 Å². The smallest absolute Gasteiger partial charge is 0.263 e. The van der Waals surface area contributed by atoms with Gasteiger partial charge in [0.2, 0.25) is 5.95 Å². The van der Waals surface area contributed by atoms with Crippen molar-refractivity contribution < 1.29 is 22.3 Å². The lowest BCUT2D eigenvalue weighted by Crippen LogP contribution is -2.21. The molecule has 3 aromatic carbocycles. The highest BCUT2D eigenvalue weighted by Gasteiger charge is 2.25. The van der Waals surface area contributed by atoms with E-state index >= 15 is 4.39 Å². The Morgan fingerprint density at radius 2 is 1.84 bits per heavy atom. The van der Waals surface area contributed by atoms with Crippen molar-refractivity contribution in [2.24, 2.45) is 0 Å². The van der Waals surface area contributed by atoms with E-state index in [0.29, 0.717) is 23.4 Å². The number of halogens is 4. The molecule has 1 heterocycles. The van der Waals surface area contributed by atoms with E-state index in [1.165, 1.54) is 24.4 Å². The van der Waals surface area contributed by atoms with Crippen molar-refractivity contribution in [3.8, 4) is 11.1 Å². The van der Waals surface area contributed by atoms with Gasteiger partial charge in [-0.25, -0.2) is 27.2 Å². The number of rotatable bonds is 9. The average molecular weight is 582 g/mol. The number of aliphatic hydroxyl groups excluding tert-OH is 1. The molecule has 4 aromatic rings. The van der Waals surface area contributed by atoms with Crippen molar-refractivity contribution in [1.29, 1.82) is 0 Å². The summed E-state index contributed by atoms with van der Waals surface area (Å²) in [5.41, 5.74) is -0.138. The third-order valence-corrected chi connectivity index (χ3v) is 7.75. The molecule has 0 unspecified atom stereocenters. The number of likely N-dealkylation sites (N-methyl/N-ethyl adjacent to an activating group) is 1. The number of aromatic nitrogens is 2. The third kappa shape index (κ3) is 5.97. The summed E-state index contributed by atoms with van der Waals surface area (Å²) < 4.78 is 58.5. The molecule has 4 rings (SSSR count). The van der Waals surface area contributed by atoms with Crippen LogP contribution in [0.5, 0.6) is 0 Å². The van der Waals surface area contributed by atoms with Crippen LogP contribution in [0.15, 0.2) is 53.6 Å². The number of fused-ring (bicyclic) bond motifs is 1. The SMILES string of the molecule is CN(C)CCNc1ncc2cc(-c3c(F)ccc(NS(=O)(=O)c4cc(Cl)cc(CO)c4Cl)c3F)ccc2n1. The molecule has 0 amide bonds. The van der Waals surface area contributed by atoms with Crippen LogP contribution in [0.4, 0.5) is 20.4 Å². The second kappa shape index (κ2) is 11.3. The predicted molar refractivity (Wildman–Crippen MR) is 145 cm³/mol. The van der Waals surface area contributed by atoms with Gasteiger partial charge in [0.05, 0.1) is 28.4 Å². The highest BCUT2D eigenvalue weighted by atomic mass is 35.5. The Labute approximate surface area is 228 Å². The van der Waals surface area contributed by atoms with Crippen LogP contribution in [-0.4, -0.2) is 55.6 Å². The Hall–Kier alpha value is -3.09. The Balaban J connectivity index is 1.68. The molecular formula is C25H23Cl2F2N5O3S. The second-order valence-corrected chi connectivity index (χ2v) is 11.1. The number of benzene rings is 3. The van der Waals surface area contributed by atoms with Gasteiger partial charge in [-0.05, 0) is 61.6 Å². The summed E-state index contributed by atoms with van der Waals surface area (Å²) in [5.74, 6) is -1.60. The molecule has 8 nitrogen and oxygen atoms in total. The monoisotopic (exact) mass is 581 g/mol. The van der Waals surface area contributed by atoms with Crippen LogP contribution in [0.25, 0.3) is 22.0 Å². The number of anilines is 2. The van der Waals surface area contributed by atoms with E-state index in [1.807, 2.05) is 19.0 Å². The average Bonchev–Trinajstić information content (AvgIpc) is 2.86. The molecule has 0 saturated heterocycles. The van der Waals surface area contributed by atoms with Gasteiger partial charge in [-0.1, -0.05) is 29.3 Å². The van der Waals surface area contributed by atoms with Gasteiger partial charge in [-0.15, -0.1) is 0 Å². The van der Waals surface area contributed by atoms with E-state index in [4.69, 9.17) is 23.2 Å². The van der Waals surface area contributed by atoms with Gasteiger partial charge in [0.15, 0.2) is 5.82 Å². The van der Waals surface area contributed by atoms with Crippen molar-refractivity contribution in [2.45, 2.75) is 11.5 Å². The molecule has 1 aromatic heterocycles. The van der Waals surface area contributed by atoms with E-state index in [2.05, 4.69) is 20.0 Å². The first kappa shape index (κ1) is 27.9. The van der Waals surface area contributed by atoms with Gasteiger partial charge in [0.25, 0.3) is 10.0 Å². The van der Waals surface area contributed by atoms with Crippen LogP contribution in [-0.2, 0) is 16.6 Å². The zero-order valence-corrected chi connectivity index (χ0v) is 22.6. The maximum Gasteiger partial charge on any atom is 0.263 e. The first-order chi connectivity index (χ1) is 18.0. The van der Waals surface area contributed by atoms with Crippen molar-refractivity contribution in [1.82, 2.24) is 14.9 Å². The lowest BCUT2D eigenvalue weighted by atomic mass is 10.0. The van der Waals surface area contributed by atoms with Gasteiger partial charge in [0.1, 0.15) is 10.7 Å². The number of hydrogen-bond donors (Lipinski definition) is 3. The summed E-state index contributed by atoms with van der Waals surface area (Å²) in [5, 5.41) is 12.8. The zero-order valence-electron chi connectivity index (χ0n) is 20.3. The minimum absolute atomic E-state index is 0.00790. The topological polar surface area (TPSA) is 107 Å². The van der Waals surface area contributed by atoms with Gasteiger partial charge in [0, 0.05) is 29.7 Å². The fourth-order valence-corrected chi connectivity index (χ4v) is 5.68. The van der Waals surface area contributed by atoms with Crippen molar-refractivity contribution in [3.05, 3.63) is 75.9 Å². The maximum absolute atomic E-state index is 15.5. The first-order valence-corrected chi connectivity index (χ1v) is 13.5. The quantitative estimate of drug-likeness (QED) is 0.251. The third-order valence-electron chi connectivity index (χ3n) is 5.59. The summed E-state index contributed by atoms with van der Waals surface area (Å²) in [4.78, 5) is 10.2. The summed E-state index contributed by atoms with van der Waals surface area (Å²) in [6.07, 6.45) is 1.53. The van der Waals surface area contributed by atoms with E-state index in [1.54, 1.807) is 6.07 Å². The minimum atomic E-state index is -4.46. The normalized spacial score (nSPS) is 11.8. The molecule has 0 aliphatic carbocycles. The summed E-state index contributed by atoms with van der Waals surface area (Å²) >= 11 is 12.1. The molecule has 13 heteroatoms. The summed E-state index contributed by atoms with van der Waals surface area (Å²) in [6, 6.07) is 8.90. The molecule has 0 radical (unpaired) electrons. The Kier molecular flexibility index (Phi) is 8.34. The number of sulfonamides is 1. The van der Waals surface area contributed by atoms with Crippen LogP contribution in [0.3, 0.4) is 0 Å². The fraction of sp³-hybridized carbons (Fsp3) is 0.200.